The number of carboxylic acids is 1. The molecule has 0 aliphatic carbocycles. The normalized spacial score (nSPS) is 12.9. The second-order valence-electron chi connectivity index (χ2n) is 5.71. The van der Waals surface area contributed by atoms with E-state index in [1.807, 2.05) is 0 Å². The van der Waals surface area contributed by atoms with Crippen molar-refractivity contribution in [1.82, 2.24) is 0 Å². The highest BCUT2D eigenvalue weighted by molar-refractivity contribution is 5.73. The third kappa shape index (κ3) is 4.65. The van der Waals surface area contributed by atoms with E-state index in [0.717, 1.165) is 18.0 Å². The van der Waals surface area contributed by atoms with E-state index >= 15 is 0 Å². The molecule has 90 valence electrons. The van der Waals surface area contributed by atoms with E-state index in [0.29, 0.717) is 11.8 Å². The molecule has 0 saturated carbocycles. The fourth-order valence-corrected chi connectivity index (χ4v) is 1.72. The Balaban J connectivity index is 4.68. The number of quaternary nitrogens is 1. The Morgan fingerprint density at radius 2 is 1.47 bits per heavy atom. The minimum Gasteiger partial charge on any atom is -0.544 e. The predicted octanol–water partition coefficient (Wildman–Crippen LogP) is -0.288. The van der Waals surface area contributed by atoms with Crippen LogP contribution in [-0.4, -0.2) is 24.6 Å². The number of carbonyl (C=O) groups is 1. The highest BCUT2D eigenvalue weighted by Crippen LogP contribution is 1.98. The van der Waals surface area contributed by atoms with E-state index in [1.54, 1.807) is 13.8 Å². The quantitative estimate of drug-likeness (QED) is 0.662. The zero-order valence-electron chi connectivity index (χ0n) is 10.9. The van der Waals surface area contributed by atoms with Gasteiger partial charge in [-0.25, -0.2) is 0 Å². The van der Waals surface area contributed by atoms with Crippen LogP contribution in [0.15, 0.2) is 0 Å². The lowest BCUT2D eigenvalue weighted by atomic mass is 9.99. The minimum absolute atomic E-state index is 0.498. The molecule has 0 rings (SSSR count). The number of hydrogen-bond acceptors (Lipinski definition) is 2. The monoisotopic (exact) mass is 215 g/mol. The fourth-order valence-electron chi connectivity index (χ4n) is 1.72. The molecular formula is C12H25NO2. The van der Waals surface area contributed by atoms with Crippen LogP contribution in [0.2, 0.25) is 0 Å². The van der Waals surface area contributed by atoms with Crippen molar-refractivity contribution < 1.29 is 14.8 Å². The summed E-state index contributed by atoms with van der Waals surface area (Å²) in [5.74, 6) is 0.0357. The van der Waals surface area contributed by atoms with Gasteiger partial charge in [0.25, 0.3) is 0 Å². The summed E-state index contributed by atoms with van der Waals surface area (Å²) in [5.41, 5.74) is -0.797. The van der Waals surface area contributed by atoms with Gasteiger partial charge in [0.1, 0.15) is 11.5 Å². The summed E-state index contributed by atoms with van der Waals surface area (Å²) >= 11 is 0. The molecule has 0 atom stereocenters. The molecule has 0 saturated heterocycles. The molecule has 0 unspecified atom stereocenters. The standard InChI is InChI=1S/C12H25NO2/c1-9(2)7-13(8-10(3)4)12(5,6)11(14)15/h9-10H,7-8H2,1-6H3,(H,14,15). The summed E-state index contributed by atoms with van der Waals surface area (Å²) < 4.78 is 0. The number of nitrogens with one attached hydrogen (secondary N) is 1. The molecule has 0 aromatic rings. The average Bonchev–Trinajstić information content (AvgIpc) is 2.00. The van der Waals surface area contributed by atoms with Crippen LogP contribution in [0.5, 0.6) is 0 Å². The number of hydrogen-bond donors (Lipinski definition) is 1. The van der Waals surface area contributed by atoms with Crippen LogP contribution in [0, 0.1) is 11.8 Å². The Hall–Kier alpha value is -0.570. The third-order valence-corrected chi connectivity index (χ3v) is 2.70. The average molecular weight is 215 g/mol. The number of rotatable bonds is 6. The molecular weight excluding hydrogens is 190 g/mol. The second kappa shape index (κ2) is 5.50. The van der Waals surface area contributed by atoms with Gasteiger partial charge in [0.05, 0.1) is 13.1 Å². The summed E-state index contributed by atoms with van der Waals surface area (Å²) in [6, 6.07) is 0. The zero-order chi connectivity index (χ0) is 12.2. The van der Waals surface area contributed by atoms with Crippen molar-refractivity contribution >= 4 is 5.97 Å². The molecule has 3 nitrogen and oxygen atoms in total. The van der Waals surface area contributed by atoms with Crippen molar-refractivity contribution in [3.05, 3.63) is 0 Å². The number of aliphatic carboxylic acids is 1. The largest absolute Gasteiger partial charge is 0.544 e. The molecule has 15 heavy (non-hydrogen) atoms. The first-order chi connectivity index (χ1) is 6.67. The molecule has 0 amide bonds. The number of carbonyl (C=O) groups excluding carboxylic acids is 1. The Bertz CT molecular complexity index is 200. The summed E-state index contributed by atoms with van der Waals surface area (Å²) in [6.07, 6.45) is 0. The summed E-state index contributed by atoms with van der Waals surface area (Å²) in [6.45, 7) is 13.7. The highest BCUT2D eigenvalue weighted by atomic mass is 16.4. The van der Waals surface area contributed by atoms with Crippen molar-refractivity contribution in [2.75, 3.05) is 13.1 Å². The van der Waals surface area contributed by atoms with Crippen LogP contribution in [0.25, 0.3) is 0 Å². The van der Waals surface area contributed by atoms with Gasteiger partial charge < -0.3 is 14.8 Å². The molecule has 0 aliphatic heterocycles. The van der Waals surface area contributed by atoms with E-state index < -0.39 is 11.5 Å². The van der Waals surface area contributed by atoms with Gasteiger partial charge in [-0.05, 0) is 13.8 Å². The van der Waals surface area contributed by atoms with Crippen molar-refractivity contribution in [2.45, 2.75) is 47.1 Å². The van der Waals surface area contributed by atoms with Gasteiger partial charge >= 0.3 is 0 Å². The topological polar surface area (TPSA) is 44.6 Å². The summed E-state index contributed by atoms with van der Waals surface area (Å²) in [5, 5.41) is 11.1. The molecule has 0 aromatic heterocycles. The SMILES string of the molecule is CC(C)C[NH+](CC(C)C)C(C)(C)C(=O)[O-]. The maximum atomic E-state index is 11.1. The van der Waals surface area contributed by atoms with Gasteiger partial charge in [-0.1, -0.05) is 27.7 Å². The Kier molecular flexibility index (Phi) is 5.29. The zero-order valence-corrected chi connectivity index (χ0v) is 10.9. The molecule has 0 radical (unpaired) electrons. The van der Waals surface area contributed by atoms with Gasteiger partial charge in [-0.3, -0.25) is 0 Å². The molecule has 0 fully saturated rings. The first-order valence-electron chi connectivity index (χ1n) is 5.74. The van der Waals surface area contributed by atoms with Gasteiger partial charge in [0, 0.05) is 11.8 Å². The molecule has 0 aliphatic rings. The van der Waals surface area contributed by atoms with Crippen LogP contribution >= 0.6 is 0 Å². The van der Waals surface area contributed by atoms with Gasteiger partial charge in [0.15, 0.2) is 0 Å². The first-order valence-corrected chi connectivity index (χ1v) is 5.74. The van der Waals surface area contributed by atoms with Crippen LogP contribution < -0.4 is 10.0 Å². The molecule has 1 N–H and O–H groups in total. The van der Waals surface area contributed by atoms with Crippen molar-refractivity contribution in [3.63, 3.8) is 0 Å². The third-order valence-electron chi connectivity index (χ3n) is 2.70. The second-order valence-corrected chi connectivity index (χ2v) is 5.71. The van der Waals surface area contributed by atoms with E-state index in [-0.39, 0.29) is 0 Å². The summed E-state index contributed by atoms with van der Waals surface area (Å²) in [4.78, 5) is 12.2. The van der Waals surface area contributed by atoms with Crippen molar-refractivity contribution in [1.29, 1.82) is 0 Å². The van der Waals surface area contributed by atoms with E-state index in [2.05, 4.69) is 27.7 Å². The van der Waals surface area contributed by atoms with Crippen LogP contribution in [-0.2, 0) is 4.79 Å². The lowest BCUT2D eigenvalue weighted by molar-refractivity contribution is -0.946. The Labute approximate surface area is 93.5 Å². The lowest BCUT2D eigenvalue weighted by Crippen LogP contribution is -3.22. The van der Waals surface area contributed by atoms with Crippen molar-refractivity contribution in [3.8, 4) is 0 Å². The van der Waals surface area contributed by atoms with Gasteiger partial charge in [-0.2, -0.15) is 0 Å². The lowest BCUT2D eigenvalue weighted by Gasteiger charge is -2.38. The molecule has 3 heteroatoms. The summed E-state index contributed by atoms with van der Waals surface area (Å²) in [7, 11) is 0. The fraction of sp³-hybridized carbons (Fsp3) is 0.917. The number of carboxylic acid groups (broad SMARTS) is 1. The maximum absolute atomic E-state index is 11.1. The van der Waals surface area contributed by atoms with E-state index in [1.165, 1.54) is 0 Å². The molecule has 0 heterocycles. The minimum atomic E-state index is -0.959. The molecule has 0 spiro atoms. The first kappa shape index (κ1) is 14.4. The smallest absolute Gasteiger partial charge is 0.132 e. The van der Waals surface area contributed by atoms with E-state index in [4.69, 9.17) is 0 Å². The van der Waals surface area contributed by atoms with Crippen LogP contribution in [0.1, 0.15) is 41.5 Å². The predicted molar refractivity (Wildman–Crippen MR) is 59.5 cm³/mol. The molecule has 0 aromatic carbocycles. The van der Waals surface area contributed by atoms with Crippen LogP contribution in [0.4, 0.5) is 0 Å². The van der Waals surface area contributed by atoms with E-state index in [9.17, 15) is 9.90 Å². The van der Waals surface area contributed by atoms with Gasteiger partial charge in [-0.15, -0.1) is 0 Å². The van der Waals surface area contributed by atoms with Gasteiger partial charge in [0.2, 0.25) is 0 Å². The van der Waals surface area contributed by atoms with Crippen molar-refractivity contribution in [2.24, 2.45) is 11.8 Å². The van der Waals surface area contributed by atoms with Crippen LogP contribution in [0.3, 0.4) is 0 Å². The molecule has 0 bridgehead atoms. The maximum Gasteiger partial charge on any atom is 0.132 e. The Morgan fingerprint density at radius 1 is 1.13 bits per heavy atom. The Morgan fingerprint density at radius 3 is 1.67 bits per heavy atom. The highest BCUT2D eigenvalue weighted by Gasteiger charge is 2.33.